The van der Waals surface area contributed by atoms with Gasteiger partial charge in [-0.15, -0.1) is 0 Å². The van der Waals surface area contributed by atoms with Crippen LogP contribution in [0.2, 0.25) is 0 Å². The molecule has 3 rings (SSSR count). The summed E-state index contributed by atoms with van der Waals surface area (Å²) < 4.78 is 0. The number of para-hydroxylation sites is 1. The summed E-state index contributed by atoms with van der Waals surface area (Å²) in [5.74, 6) is 0. The monoisotopic (exact) mass is 230 g/mol. The van der Waals surface area contributed by atoms with E-state index in [-0.39, 0.29) is 0 Å². The van der Waals surface area contributed by atoms with E-state index in [9.17, 15) is 0 Å². The van der Waals surface area contributed by atoms with Gasteiger partial charge in [0.25, 0.3) is 0 Å². The zero-order valence-corrected chi connectivity index (χ0v) is 10.5. The van der Waals surface area contributed by atoms with Gasteiger partial charge in [0.1, 0.15) is 0 Å². The van der Waals surface area contributed by atoms with Crippen LogP contribution in [-0.2, 0) is 5.41 Å². The topological polar surface area (TPSA) is 29.3 Å². The fourth-order valence-electron chi connectivity index (χ4n) is 3.51. The quantitative estimate of drug-likeness (QED) is 0.809. The predicted molar refractivity (Wildman–Crippen MR) is 72.1 cm³/mol. The fourth-order valence-corrected chi connectivity index (χ4v) is 3.51. The third-order valence-corrected chi connectivity index (χ3v) is 4.57. The minimum Gasteiger partial charge on any atom is -0.398 e. The predicted octanol–water partition coefficient (Wildman–Crippen LogP) is 2.79. The first kappa shape index (κ1) is 11.1. The van der Waals surface area contributed by atoms with E-state index in [0.717, 1.165) is 5.69 Å². The molecule has 0 radical (unpaired) electrons. The molecule has 0 bridgehead atoms. The largest absolute Gasteiger partial charge is 0.398 e. The van der Waals surface area contributed by atoms with Crippen molar-refractivity contribution in [3.63, 3.8) is 0 Å². The van der Waals surface area contributed by atoms with Crippen LogP contribution in [-0.4, -0.2) is 24.5 Å². The van der Waals surface area contributed by atoms with Gasteiger partial charge >= 0.3 is 0 Å². The first-order valence-electron chi connectivity index (χ1n) is 6.88. The number of anilines is 1. The molecule has 92 valence electrons. The van der Waals surface area contributed by atoms with Crippen molar-refractivity contribution in [2.24, 2.45) is 0 Å². The van der Waals surface area contributed by atoms with Crippen LogP contribution in [0.3, 0.4) is 0 Å². The normalized spacial score (nSPS) is 23.5. The molecule has 1 saturated heterocycles. The van der Waals surface area contributed by atoms with E-state index in [0.29, 0.717) is 5.41 Å². The maximum absolute atomic E-state index is 6.20. The summed E-state index contributed by atoms with van der Waals surface area (Å²) in [4.78, 5) is 2.60. The Hall–Kier alpha value is -1.02. The van der Waals surface area contributed by atoms with Crippen LogP contribution in [0, 0.1) is 0 Å². The van der Waals surface area contributed by atoms with E-state index in [1.807, 2.05) is 6.07 Å². The van der Waals surface area contributed by atoms with Gasteiger partial charge in [-0.05, 0) is 44.0 Å². The molecule has 2 aliphatic rings. The van der Waals surface area contributed by atoms with Gasteiger partial charge in [0, 0.05) is 17.6 Å². The summed E-state index contributed by atoms with van der Waals surface area (Å²) in [5, 5.41) is 0. The molecule has 1 aliphatic heterocycles. The van der Waals surface area contributed by atoms with Crippen LogP contribution >= 0.6 is 0 Å². The van der Waals surface area contributed by atoms with E-state index in [1.165, 1.54) is 57.3 Å². The zero-order valence-electron chi connectivity index (χ0n) is 10.5. The lowest BCUT2D eigenvalue weighted by molar-refractivity contribution is 0.137. The summed E-state index contributed by atoms with van der Waals surface area (Å²) in [6.07, 6.45) is 6.74. The number of hydrogen-bond acceptors (Lipinski definition) is 2. The standard InChI is InChI=1S/C15H22N2/c16-14-7-2-1-6-13(14)15(8-3-4-9-15)12-17-10-5-11-17/h1-2,6-7H,3-5,8-12,16H2. The van der Waals surface area contributed by atoms with Crippen molar-refractivity contribution >= 4 is 5.69 Å². The molecule has 1 aromatic rings. The minimum atomic E-state index is 0.353. The Bertz CT molecular complexity index is 390. The molecule has 0 amide bonds. The summed E-state index contributed by atoms with van der Waals surface area (Å²) in [7, 11) is 0. The number of hydrogen-bond donors (Lipinski definition) is 1. The molecule has 0 spiro atoms. The molecule has 0 unspecified atom stereocenters. The van der Waals surface area contributed by atoms with Gasteiger partial charge in [-0.25, -0.2) is 0 Å². The average Bonchev–Trinajstić information content (AvgIpc) is 2.74. The summed E-state index contributed by atoms with van der Waals surface area (Å²) in [6.45, 7) is 3.80. The van der Waals surface area contributed by atoms with Gasteiger partial charge in [-0.2, -0.15) is 0 Å². The highest BCUT2D eigenvalue weighted by Crippen LogP contribution is 2.44. The summed E-state index contributed by atoms with van der Waals surface area (Å²) >= 11 is 0. The third-order valence-electron chi connectivity index (χ3n) is 4.57. The second-order valence-electron chi connectivity index (χ2n) is 5.70. The summed E-state index contributed by atoms with van der Waals surface area (Å²) in [6, 6.07) is 8.50. The van der Waals surface area contributed by atoms with Crippen molar-refractivity contribution in [1.82, 2.24) is 4.90 Å². The van der Waals surface area contributed by atoms with E-state index in [1.54, 1.807) is 0 Å². The zero-order chi connectivity index (χ0) is 11.7. The van der Waals surface area contributed by atoms with Crippen LogP contribution in [0.15, 0.2) is 24.3 Å². The number of nitrogen functional groups attached to an aromatic ring is 1. The van der Waals surface area contributed by atoms with Gasteiger partial charge < -0.3 is 10.6 Å². The first-order valence-corrected chi connectivity index (χ1v) is 6.88. The Morgan fingerprint density at radius 1 is 1.06 bits per heavy atom. The van der Waals surface area contributed by atoms with Crippen molar-refractivity contribution in [2.45, 2.75) is 37.5 Å². The van der Waals surface area contributed by atoms with Crippen molar-refractivity contribution in [3.8, 4) is 0 Å². The van der Waals surface area contributed by atoms with E-state index in [2.05, 4.69) is 23.1 Å². The molecule has 1 aromatic carbocycles. The van der Waals surface area contributed by atoms with E-state index >= 15 is 0 Å². The number of likely N-dealkylation sites (tertiary alicyclic amines) is 1. The maximum atomic E-state index is 6.20. The molecule has 2 heteroatoms. The highest BCUT2D eigenvalue weighted by Gasteiger charge is 2.39. The van der Waals surface area contributed by atoms with Gasteiger partial charge in [0.2, 0.25) is 0 Å². The van der Waals surface area contributed by atoms with Crippen LogP contribution in [0.25, 0.3) is 0 Å². The molecular formula is C15H22N2. The van der Waals surface area contributed by atoms with Gasteiger partial charge in [0.05, 0.1) is 0 Å². The lowest BCUT2D eigenvalue weighted by Crippen LogP contribution is -2.46. The number of rotatable bonds is 3. The van der Waals surface area contributed by atoms with E-state index < -0.39 is 0 Å². The number of benzene rings is 1. The molecule has 2 nitrogen and oxygen atoms in total. The molecule has 1 aliphatic carbocycles. The SMILES string of the molecule is Nc1ccccc1C1(CN2CCC2)CCCC1. The molecular weight excluding hydrogens is 208 g/mol. The highest BCUT2D eigenvalue weighted by atomic mass is 15.2. The lowest BCUT2D eigenvalue weighted by atomic mass is 9.77. The second-order valence-corrected chi connectivity index (χ2v) is 5.70. The van der Waals surface area contributed by atoms with Crippen LogP contribution in [0.1, 0.15) is 37.7 Å². The molecule has 1 heterocycles. The molecule has 1 saturated carbocycles. The molecule has 0 atom stereocenters. The summed E-state index contributed by atoms with van der Waals surface area (Å²) in [5.41, 5.74) is 8.96. The van der Waals surface area contributed by atoms with Gasteiger partial charge in [0.15, 0.2) is 0 Å². The van der Waals surface area contributed by atoms with Crippen molar-refractivity contribution in [1.29, 1.82) is 0 Å². The molecule has 17 heavy (non-hydrogen) atoms. The van der Waals surface area contributed by atoms with Crippen molar-refractivity contribution in [3.05, 3.63) is 29.8 Å². The van der Waals surface area contributed by atoms with Crippen LogP contribution in [0.4, 0.5) is 5.69 Å². The second kappa shape index (κ2) is 4.34. The van der Waals surface area contributed by atoms with Crippen LogP contribution < -0.4 is 5.73 Å². The number of nitrogens with two attached hydrogens (primary N) is 1. The fraction of sp³-hybridized carbons (Fsp3) is 0.600. The van der Waals surface area contributed by atoms with Crippen LogP contribution in [0.5, 0.6) is 0 Å². The lowest BCUT2D eigenvalue weighted by Gasteiger charge is -2.40. The average molecular weight is 230 g/mol. The van der Waals surface area contributed by atoms with Gasteiger partial charge in [-0.1, -0.05) is 31.0 Å². The Morgan fingerprint density at radius 3 is 2.35 bits per heavy atom. The molecule has 2 fully saturated rings. The molecule has 0 aromatic heterocycles. The highest BCUT2D eigenvalue weighted by molar-refractivity contribution is 5.51. The number of nitrogens with zero attached hydrogens (tertiary/aromatic N) is 1. The Morgan fingerprint density at radius 2 is 1.76 bits per heavy atom. The van der Waals surface area contributed by atoms with Crippen molar-refractivity contribution in [2.75, 3.05) is 25.4 Å². The molecule has 2 N–H and O–H groups in total. The van der Waals surface area contributed by atoms with Crippen molar-refractivity contribution < 1.29 is 0 Å². The van der Waals surface area contributed by atoms with Gasteiger partial charge in [-0.3, -0.25) is 0 Å². The Kier molecular flexibility index (Phi) is 2.83. The minimum absolute atomic E-state index is 0.353. The van der Waals surface area contributed by atoms with E-state index in [4.69, 9.17) is 5.73 Å². The third kappa shape index (κ3) is 1.95. The first-order chi connectivity index (χ1) is 8.30. The maximum Gasteiger partial charge on any atom is 0.0352 e. The Balaban J connectivity index is 1.90. The smallest absolute Gasteiger partial charge is 0.0352 e. The Labute approximate surface area is 104 Å².